The van der Waals surface area contributed by atoms with Crippen molar-refractivity contribution in [2.45, 2.75) is 62.2 Å². The number of benzene rings is 3. The van der Waals surface area contributed by atoms with Crippen LogP contribution in [0.4, 0.5) is 10.1 Å². The topological polar surface area (TPSA) is 102 Å². The maximum absolute atomic E-state index is 14.4. The van der Waals surface area contributed by atoms with Crippen LogP contribution in [0, 0.1) is 11.7 Å². The van der Waals surface area contributed by atoms with Crippen LogP contribution in [-0.4, -0.2) is 57.1 Å². The normalized spacial score (nSPS) is 28.1. The molecular weight excluding hydrogens is 533 g/mol. The fraction of sp³-hybridized carbons (Fsp3) is 0.400. The van der Waals surface area contributed by atoms with Crippen molar-refractivity contribution in [2.75, 3.05) is 13.2 Å². The van der Waals surface area contributed by atoms with Gasteiger partial charge in [0.15, 0.2) is 12.1 Å². The van der Waals surface area contributed by atoms with Gasteiger partial charge in [-0.05, 0) is 70.0 Å². The Kier molecular flexibility index (Phi) is 6.38. The van der Waals surface area contributed by atoms with Gasteiger partial charge in [0, 0.05) is 40.5 Å². The molecule has 5 atom stereocenters. The molecule has 3 aromatic rings. The van der Waals surface area contributed by atoms with E-state index in [1.165, 1.54) is 24.3 Å². The lowest BCUT2D eigenvalue weighted by Crippen LogP contribution is -2.58. The highest BCUT2D eigenvalue weighted by molar-refractivity contribution is 7.89. The average Bonchev–Trinajstić information content (AvgIpc) is 3.61. The fourth-order valence-electron chi connectivity index (χ4n) is 6.83. The van der Waals surface area contributed by atoms with Gasteiger partial charge in [0.1, 0.15) is 24.2 Å². The molecular formula is C30H33FN3O5S+. The first kappa shape index (κ1) is 27.0. The zero-order valence-corrected chi connectivity index (χ0v) is 23.5. The van der Waals surface area contributed by atoms with Crippen LogP contribution in [0.1, 0.15) is 44.0 Å². The van der Waals surface area contributed by atoms with Crippen LogP contribution in [0.25, 0.3) is 10.8 Å². The van der Waals surface area contributed by atoms with Crippen LogP contribution in [0.15, 0.2) is 65.6 Å². The highest BCUT2D eigenvalue weighted by atomic mass is 32.2. The van der Waals surface area contributed by atoms with E-state index in [-0.39, 0.29) is 38.9 Å². The summed E-state index contributed by atoms with van der Waals surface area (Å²) >= 11 is 0. The number of amides is 2. The number of nitrogens with zero attached hydrogens (tertiary/aromatic N) is 1. The number of hydrogen-bond donors (Lipinski definition) is 2. The van der Waals surface area contributed by atoms with E-state index >= 15 is 0 Å². The Hall–Kier alpha value is -3.18. The maximum atomic E-state index is 14.4. The number of carbonyl (C=O) groups is 2. The zero-order chi connectivity index (χ0) is 28.4. The van der Waals surface area contributed by atoms with Crippen molar-refractivity contribution in [2.24, 2.45) is 5.92 Å². The van der Waals surface area contributed by atoms with E-state index in [9.17, 15) is 22.4 Å². The minimum atomic E-state index is -3.85. The summed E-state index contributed by atoms with van der Waals surface area (Å²) in [6, 6.07) is 15.0. The van der Waals surface area contributed by atoms with Crippen molar-refractivity contribution in [3.05, 3.63) is 72.0 Å². The summed E-state index contributed by atoms with van der Waals surface area (Å²) in [5, 5.41) is 4.15. The molecule has 3 saturated heterocycles. The van der Waals surface area contributed by atoms with Crippen LogP contribution in [0.3, 0.4) is 0 Å². The van der Waals surface area contributed by atoms with Crippen molar-refractivity contribution >= 4 is 38.3 Å². The van der Waals surface area contributed by atoms with Crippen molar-refractivity contribution < 1.29 is 27.1 Å². The Morgan fingerprint density at radius 3 is 2.45 bits per heavy atom. The number of rotatable bonds is 5. The molecule has 210 valence electrons. The van der Waals surface area contributed by atoms with Gasteiger partial charge in [-0.3, -0.25) is 4.79 Å². The van der Waals surface area contributed by atoms with Gasteiger partial charge in [0.25, 0.3) is 5.91 Å². The summed E-state index contributed by atoms with van der Waals surface area (Å²) in [5.74, 6) is -0.879. The van der Waals surface area contributed by atoms with E-state index in [1.807, 2.05) is 12.1 Å². The lowest BCUT2D eigenvalue weighted by molar-refractivity contribution is -0.131. The molecule has 3 heterocycles. The Morgan fingerprint density at radius 1 is 1.02 bits per heavy atom. The number of hydrogen-bond acceptors (Lipinski definition) is 5. The van der Waals surface area contributed by atoms with Crippen LogP contribution >= 0.6 is 0 Å². The van der Waals surface area contributed by atoms with E-state index in [0.717, 1.165) is 12.1 Å². The number of carbonyl (C=O) groups excluding carboxylic acids is 2. The molecule has 6 rings (SSSR count). The second kappa shape index (κ2) is 9.44. The molecule has 3 aliphatic rings. The van der Waals surface area contributed by atoms with Gasteiger partial charge in [-0.2, -0.15) is 0 Å². The third kappa shape index (κ3) is 4.34. The Balaban J connectivity index is 1.44. The molecule has 3 aliphatic heterocycles. The SMILES string of the molecule is CC(C)(C)NS(=O)(=O)c1cccc2c([N+]34C(=O)[C@@H](NC(=O)c5ccc(F)cc5)CC5CCOCC3C54)cccc12. The Bertz CT molecular complexity index is 1620. The summed E-state index contributed by atoms with van der Waals surface area (Å²) < 4.78 is 48.9. The molecule has 10 heteroatoms. The van der Waals surface area contributed by atoms with Gasteiger partial charge >= 0.3 is 5.91 Å². The second-order valence-corrected chi connectivity index (χ2v) is 13.7. The largest absolute Gasteiger partial charge is 0.375 e. The molecule has 2 N–H and O–H groups in total. The molecule has 2 amide bonds. The number of sulfonamides is 1. The number of ether oxygens (including phenoxy) is 1. The second-order valence-electron chi connectivity index (χ2n) is 12.0. The van der Waals surface area contributed by atoms with Crippen LogP contribution in [-0.2, 0) is 19.6 Å². The van der Waals surface area contributed by atoms with Crippen LogP contribution < -0.4 is 14.5 Å². The minimum absolute atomic E-state index is 0.00691. The van der Waals surface area contributed by atoms with Gasteiger partial charge in [0.2, 0.25) is 10.0 Å². The van der Waals surface area contributed by atoms with E-state index in [0.29, 0.717) is 30.4 Å². The Morgan fingerprint density at radius 2 is 1.73 bits per heavy atom. The predicted molar refractivity (Wildman–Crippen MR) is 150 cm³/mol. The highest BCUT2D eigenvalue weighted by Gasteiger charge is 2.78. The Labute approximate surface area is 233 Å². The summed E-state index contributed by atoms with van der Waals surface area (Å²) in [5.41, 5.74) is 0.335. The fourth-order valence-corrected chi connectivity index (χ4v) is 8.47. The molecule has 0 saturated carbocycles. The van der Waals surface area contributed by atoms with E-state index in [2.05, 4.69) is 10.0 Å². The first-order chi connectivity index (χ1) is 18.9. The van der Waals surface area contributed by atoms with Gasteiger partial charge in [-0.15, -0.1) is 0 Å². The molecule has 0 bridgehead atoms. The number of nitrogens with one attached hydrogen (secondary N) is 2. The minimum Gasteiger partial charge on any atom is -0.375 e. The third-order valence-electron chi connectivity index (χ3n) is 8.30. The molecule has 4 unspecified atom stereocenters. The van der Waals surface area contributed by atoms with Gasteiger partial charge in [-0.25, -0.2) is 26.8 Å². The molecule has 0 radical (unpaired) electrons. The number of halogens is 1. The van der Waals surface area contributed by atoms with E-state index in [1.54, 1.807) is 45.0 Å². The molecule has 8 nitrogen and oxygen atoms in total. The van der Waals surface area contributed by atoms with Gasteiger partial charge in [0.05, 0.1) is 4.90 Å². The van der Waals surface area contributed by atoms with Crippen molar-refractivity contribution in [1.82, 2.24) is 14.5 Å². The third-order valence-corrected chi connectivity index (χ3v) is 10.1. The van der Waals surface area contributed by atoms with E-state index < -0.39 is 33.3 Å². The zero-order valence-electron chi connectivity index (χ0n) is 22.7. The first-order valence-electron chi connectivity index (χ1n) is 13.6. The quantitative estimate of drug-likeness (QED) is 0.361. The summed E-state index contributed by atoms with van der Waals surface area (Å²) in [4.78, 5) is 27.6. The maximum Gasteiger partial charge on any atom is 0.342 e. The van der Waals surface area contributed by atoms with Crippen molar-refractivity contribution in [1.29, 1.82) is 0 Å². The summed E-state index contributed by atoms with van der Waals surface area (Å²) in [6.45, 7) is 6.36. The molecule has 3 aromatic carbocycles. The lowest BCUT2D eigenvalue weighted by atomic mass is 9.88. The lowest BCUT2D eigenvalue weighted by Gasteiger charge is -2.33. The number of quaternary nitrogens is 1. The van der Waals surface area contributed by atoms with Gasteiger partial charge < -0.3 is 10.1 Å². The van der Waals surface area contributed by atoms with Gasteiger partial charge in [-0.1, -0.05) is 18.2 Å². The molecule has 0 aliphatic carbocycles. The highest BCUT2D eigenvalue weighted by Crippen LogP contribution is 2.57. The van der Waals surface area contributed by atoms with Crippen molar-refractivity contribution in [3.8, 4) is 0 Å². The smallest absolute Gasteiger partial charge is 0.342 e. The average molecular weight is 567 g/mol. The standard InChI is InChI=1S/C30H32FN3O5S/c1-30(2,3)33-40(37,38)26-9-5-6-21-22(26)7-4-8-24(21)34-25-17-39-15-14-19(27(25)34)16-23(29(34)36)32-28(35)18-10-12-20(31)13-11-18/h4-13,19,23,25,27,33H,14-17H2,1-3H3/p+1/t19?,23-,25?,27?,34?/m0/s1. The predicted octanol–water partition coefficient (Wildman–Crippen LogP) is 3.88. The molecule has 3 fully saturated rings. The molecule has 40 heavy (non-hydrogen) atoms. The van der Waals surface area contributed by atoms with E-state index in [4.69, 9.17) is 4.74 Å². The van der Waals surface area contributed by atoms with Crippen LogP contribution in [0.5, 0.6) is 0 Å². The van der Waals surface area contributed by atoms with Crippen LogP contribution in [0.2, 0.25) is 0 Å². The molecule has 0 aromatic heterocycles. The summed E-state index contributed by atoms with van der Waals surface area (Å²) in [6.07, 6.45) is 1.26. The monoisotopic (exact) mass is 566 g/mol. The number of fused-ring (bicyclic) bond motifs is 2. The number of piperidine rings is 1. The molecule has 0 spiro atoms. The van der Waals surface area contributed by atoms with Crippen molar-refractivity contribution in [3.63, 3.8) is 0 Å². The first-order valence-corrected chi connectivity index (χ1v) is 15.0. The summed E-state index contributed by atoms with van der Waals surface area (Å²) in [7, 11) is -3.85.